The third-order valence-corrected chi connectivity index (χ3v) is 7.88. The first-order valence-corrected chi connectivity index (χ1v) is 15.4. The normalized spacial score (nSPS) is 16.1. The lowest BCUT2D eigenvalue weighted by Gasteiger charge is -2.28. The minimum atomic E-state index is 0.122. The highest BCUT2D eigenvalue weighted by Crippen LogP contribution is 2.38. The number of nitrogens with zero attached hydrogens (tertiary/aromatic N) is 1. The molecule has 1 fully saturated rings. The van der Waals surface area contributed by atoms with Crippen molar-refractivity contribution in [3.63, 3.8) is 0 Å². The lowest BCUT2D eigenvalue weighted by atomic mass is 9.92. The lowest BCUT2D eigenvalue weighted by Crippen LogP contribution is -2.40. The van der Waals surface area contributed by atoms with E-state index in [0.29, 0.717) is 30.2 Å². The van der Waals surface area contributed by atoms with Crippen LogP contribution in [0.1, 0.15) is 85.6 Å². The summed E-state index contributed by atoms with van der Waals surface area (Å²) < 4.78 is 0. The number of nitrogens with one attached hydrogen (secondary N) is 3. The number of allylic oxidation sites excluding steroid dienone is 3. The number of likely N-dealkylation sites (tertiary alicyclic amines) is 1. The molecule has 1 heterocycles. The first-order chi connectivity index (χ1) is 18.9. The molecule has 1 aliphatic rings. The molecular formula is C36H58N4. The molecule has 0 spiro atoms. The van der Waals surface area contributed by atoms with Crippen LogP contribution in [0.2, 0.25) is 0 Å². The molecule has 0 amide bonds. The third kappa shape index (κ3) is 10.9. The highest BCUT2D eigenvalue weighted by atomic mass is 15.2. The van der Waals surface area contributed by atoms with E-state index in [-0.39, 0.29) is 6.04 Å². The smallest absolute Gasteiger partial charge is 0.0673 e. The summed E-state index contributed by atoms with van der Waals surface area (Å²) >= 11 is 0. The monoisotopic (exact) mass is 546 g/mol. The van der Waals surface area contributed by atoms with Crippen LogP contribution in [0.15, 0.2) is 85.6 Å². The molecule has 1 aromatic rings. The van der Waals surface area contributed by atoms with Gasteiger partial charge in [-0.2, -0.15) is 0 Å². The van der Waals surface area contributed by atoms with E-state index < -0.39 is 0 Å². The van der Waals surface area contributed by atoms with Gasteiger partial charge in [0.05, 0.1) is 12.6 Å². The molecule has 2 unspecified atom stereocenters. The van der Waals surface area contributed by atoms with Gasteiger partial charge in [-0.1, -0.05) is 99.4 Å². The van der Waals surface area contributed by atoms with E-state index in [1.165, 1.54) is 36.2 Å². The Balaban J connectivity index is 1.67. The van der Waals surface area contributed by atoms with Gasteiger partial charge in [0.25, 0.3) is 0 Å². The van der Waals surface area contributed by atoms with E-state index in [1.54, 1.807) is 0 Å². The van der Waals surface area contributed by atoms with Crippen molar-refractivity contribution in [1.82, 2.24) is 15.5 Å². The molecule has 0 bridgehead atoms. The molecule has 0 radical (unpaired) electrons. The van der Waals surface area contributed by atoms with Crippen molar-refractivity contribution in [2.45, 2.75) is 92.5 Å². The van der Waals surface area contributed by atoms with Gasteiger partial charge < -0.3 is 20.9 Å². The lowest BCUT2D eigenvalue weighted by molar-refractivity contribution is 0.394. The van der Waals surface area contributed by atoms with Crippen molar-refractivity contribution in [3.8, 4) is 0 Å². The molecular weight excluding hydrogens is 488 g/mol. The fourth-order valence-electron chi connectivity index (χ4n) is 5.49. The molecule has 1 aliphatic heterocycles. The summed E-state index contributed by atoms with van der Waals surface area (Å²) in [5.74, 6) is 2.23. The molecule has 0 aliphatic carbocycles. The second-order valence-corrected chi connectivity index (χ2v) is 12.8. The summed E-state index contributed by atoms with van der Waals surface area (Å²) in [4.78, 5) is 2.37. The van der Waals surface area contributed by atoms with Crippen molar-refractivity contribution < 1.29 is 0 Å². The molecule has 3 N–H and O–H groups in total. The summed E-state index contributed by atoms with van der Waals surface area (Å²) in [6.45, 7) is 36.7. The van der Waals surface area contributed by atoms with E-state index in [2.05, 4.69) is 120 Å². The standard InChI is InChI=1S/C36H58N4/c1-25(2)22-33-17-19-34(20-18-33)38-29(8)24-37-31(10)36(27(5)6)39-28(7)16-14-12-13-15-21-40-30(9)23-35(26(3)4)32(40)11/h17-20,25-27,35-39H,7-16,21-24H2,1-6H3. The maximum atomic E-state index is 4.36. The largest absolute Gasteiger partial charge is 0.382 e. The number of unbranched alkanes of at least 4 members (excludes halogenated alkanes) is 3. The fourth-order valence-corrected chi connectivity index (χ4v) is 5.49. The Hall–Kier alpha value is -2.88. The Kier molecular flexibility index (Phi) is 13.7. The van der Waals surface area contributed by atoms with Crippen molar-refractivity contribution in [1.29, 1.82) is 0 Å². The summed E-state index contributed by atoms with van der Waals surface area (Å²) in [5, 5.41) is 10.5. The Labute approximate surface area is 246 Å². The Morgan fingerprint density at radius 3 is 2.12 bits per heavy atom. The Morgan fingerprint density at radius 1 is 0.900 bits per heavy atom. The van der Waals surface area contributed by atoms with Crippen molar-refractivity contribution in [2.24, 2.45) is 23.7 Å². The van der Waals surface area contributed by atoms with Gasteiger partial charge in [-0.25, -0.2) is 0 Å². The highest BCUT2D eigenvalue weighted by molar-refractivity contribution is 5.49. The van der Waals surface area contributed by atoms with Gasteiger partial charge in [-0.3, -0.25) is 0 Å². The molecule has 222 valence electrons. The van der Waals surface area contributed by atoms with Crippen LogP contribution in [0.4, 0.5) is 5.69 Å². The second kappa shape index (κ2) is 16.4. The first kappa shape index (κ1) is 33.3. The van der Waals surface area contributed by atoms with Gasteiger partial charge >= 0.3 is 0 Å². The highest BCUT2D eigenvalue weighted by Gasteiger charge is 2.30. The quantitative estimate of drug-likeness (QED) is 0.151. The Morgan fingerprint density at radius 2 is 1.55 bits per heavy atom. The third-order valence-electron chi connectivity index (χ3n) is 7.88. The zero-order valence-corrected chi connectivity index (χ0v) is 26.5. The minimum Gasteiger partial charge on any atom is -0.382 e. The molecule has 1 aromatic carbocycles. The van der Waals surface area contributed by atoms with Crippen LogP contribution in [0.3, 0.4) is 0 Å². The second-order valence-electron chi connectivity index (χ2n) is 12.8. The SMILES string of the molecule is C=C(CNC(=C)C(NC(=C)CCCCCCN1C(=C)CC(C(C)C)C1=C)C(C)C)Nc1ccc(CC(C)C)cc1. The van der Waals surface area contributed by atoms with Crippen molar-refractivity contribution >= 4 is 5.69 Å². The molecule has 2 rings (SSSR count). The average Bonchev–Trinajstić information content (AvgIpc) is 3.17. The predicted octanol–water partition coefficient (Wildman–Crippen LogP) is 9.00. The van der Waals surface area contributed by atoms with Gasteiger partial charge in [0.15, 0.2) is 0 Å². The van der Waals surface area contributed by atoms with Crippen molar-refractivity contribution in [2.75, 3.05) is 18.4 Å². The fraction of sp³-hybridized carbons (Fsp3) is 0.556. The molecule has 4 nitrogen and oxygen atoms in total. The zero-order chi connectivity index (χ0) is 29.8. The number of hydrogen-bond acceptors (Lipinski definition) is 4. The predicted molar refractivity (Wildman–Crippen MR) is 177 cm³/mol. The van der Waals surface area contributed by atoms with Crippen LogP contribution >= 0.6 is 0 Å². The average molecular weight is 547 g/mol. The van der Waals surface area contributed by atoms with Crippen molar-refractivity contribution in [3.05, 3.63) is 91.2 Å². The summed E-state index contributed by atoms with van der Waals surface area (Å²) in [6, 6.07) is 8.76. The molecule has 2 atom stereocenters. The van der Waals surface area contributed by atoms with Crippen LogP contribution < -0.4 is 16.0 Å². The molecule has 0 aromatic heterocycles. The van der Waals surface area contributed by atoms with Gasteiger partial charge in [-0.15, -0.1) is 0 Å². The van der Waals surface area contributed by atoms with E-state index in [9.17, 15) is 0 Å². The maximum absolute atomic E-state index is 4.36. The number of rotatable bonds is 19. The zero-order valence-electron chi connectivity index (χ0n) is 26.5. The van der Waals surface area contributed by atoms with Crippen LogP contribution in [0, 0.1) is 23.7 Å². The van der Waals surface area contributed by atoms with E-state index in [0.717, 1.165) is 55.0 Å². The molecule has 40 heavy (non-hydrogen) atoms. The van der Waals surface area contributed by atoms with E-state index in [4.69, 9.17) is 0 Å². The maximum Gasteiger partial charge on any atom is 0.0673 e. The first-order valence-electron chi connectivity index (χ1n) is 15.4. The number of hydrogen-bond donors (Lipinski definition) is 3. The van der Waals surface area contributed by atoms with Crippen LogP contribution in [-0.2, 0) is 6.42 Å². The summed E-state index contributed by atoms with van der Waals surface area (Å²) in [7, 11) is 0. The molecule has 0 saturated carbocycles. The van der Waals surface area contributed by atoms with E-state index in [1.807, 2.05) is 0 Å². The van der Waals surface area contributed by atoms with Gasteiger partial charge in [0.2, 0.25) is 0 Å². The number of anilines is 1. The summed E-state index contributed by atoms with van der Waals surface area (Å²) in [6.07, 6.45) is 7.89. The van der Waals surface area contributed by atoms with Gasteiger partial charge in [-0.05, 0) is 67.6 Å². The molecule has 1 saturated heterocycles. The Bertz CT molecular complexity index is 998. The van der Waals surface area contributed by atoms with Crippen LogP contribution in [0.25, 0.3) is 0 Å². The van der Waals surface area contributed by atoms with E-state index >= 15 is 0 Å². The van der Waals surface area contributed by atoms with Gasteiger partial charge in [0.1, 0.15) is 0 Å². The minimum absolute atomic E-state index is 0.122. The molecule has 4 heteroatoms. The van der Waals surface area contributed by atoms with Gasteiger partial charge in [0, 0.05) is 46.6 Å². The number of benzene rings is 1. The topological polar surface area (TPSA) is 39.3 Å². The summed E-state index contributed by atoms with van der Waals surface area (Å²) in [5.41, 5.74) is 7.90. The van der Waals surface area contributed by atoms with Crippen LogP contribution in [-0.4, -0.2) is 24.0 Å². The van der Waals surface area contributed by atoms with Crippen LogP contribution in [0.5, 0.6) is 0 Å².